The highest BCUT2D eigenvalue weighted by atomic mass is 19.1. The van der Waals surface area contributed by atoms with Gasteiger partial charge in [0.1, 0.15) is 18.2 Å². The Morgan fingerprint density at radius 3 is 2.37 bits per heavy atom. The number of nitrogens with one attached hydrogen (secondary N) is 1. The molecule has 1 aliphatic rings. The second kappa shape index (κ2) is 8.71. The molecule has 1 N–H and O–H groups in total. The summed E-state index contributed by atoms with van der Waals surface area (Å²) in [5, 5.41) is 2.58. The Bertz CT molecular complexity index is 1100. The van der Waals surface area contributed by atoms with Gasteiger partial charge in [-0.3, -0.25) is 0 Å². The molecule has 0 saturated heterocycles. The van der Waals surface area contributed by atoms with E-state index in [0.29, 0.717) is 5.75 Å². The molecular weight excluding hydrogens is 381 g/mol. The molecule has 3 aromatic rings. The van der Waals surface area contributed by atoms with Crippen LogP contribution in [0.2, 0.25) is 0 Å². The number of ether oxygens (including phenoxy) is 2. The molecule has 0 unspecified atom stereocenters. The second-order valence-corrected chi connectivity index (χ2v) is 6.83. The van der Waals surface area contributed by atoms with Crippen LogP contribution in [0.25, 0.3) is 11.1 Å². The molecule has 150 valence electrons. The van der Waals surface area contributed by atoms with E-state index < -0.39 is 11.9 Å². The number of halogens is 1. The van der Waals surface area contributed by atoms with Crippen LogP contribution >= 0.6 is 0 Å². The first-order valence-corrected chi connectivity index (χ1v) is 9.58. The van der Waals surface area contributed by atoms with Crippen molar-refractivity contribution in [1.82, 2.24) is 5.32 Å². The average Bonchev–Trinajstić information content (AvgIpc) is 3.10. The predicted octanol–water partition coefficient (Wildman–Crippen LogP) is 4.72. The van der Waals surface area contributed by atoms with E-state index in [-0.39, 0.29) is 24.6 Å². The maximum Gasteiger partial charge on any atom is 0.407 e. The van der Waals surface area contributed by atoms with Crippen LogP contribution in [0.4, 0.5) is 9.18 Å². The minimum absolute atomic E-state index is 0.000105. The Labute approximate surface area is 174 Å². The summed E-state index contributed by atoms with van der Waals surface area (Å²) >= 11 is 0. The Kier molecular flexibility index (Phi) is 5.67. The summed E-state index contributed by atoms with van der Waals surface area (Å²) in [5.74, 6) is 5.50. The fraction of sp³-hybridized carbons (Fsp3) is 0.160. The Hall–Kier alpha value is -3.78. The lowest BCUT2D eigenvalue weighted by molar-refractivity contribution is 0.144. The summed E-state index contributed by atoms with van der Waals surface area (Å²) < 4.78 is 24.3. The number of carbonyl (C=O) groups excluding carboxylic acids is 1. The maximum absolute atomic E-state index is 13.8. The molecular formula is C25H20FNO3. The number of hydrogen-bond acceptors (Lipinski definition) is 3. The lowest BCUT2D eigenvalue weighted by Crippen LogP contribution is -2.26. The van der Waals surface area contributed by atoms with Crippen LogP contribution in [0.3, 0.4) is 0 Å². The number of amides is 1. The van der Waals surface area contributed by atoms with Crippen LogP contribution in [-0.2, 0) is 4.74 Å². The normalized spacial score (nSPS) is 11.7. The van der Waals surface area contributed by atoms with E-state index in [0.717, 1.165) is 11.1 Å². The molecule has 3 aromatic carbocycles. The summed E-state index contributed by atoms with van der Waals surface area (Å²) in [5.41, 5.74) is 4.87. The molecule has 1 aliphatic carbocycles. The Balaban J connectivity index is 1.35. The Morgan fingerprint density at radius 2 is 1.70 bits per heavy atom. The summed E-state index contributed by atoms with van der Waals surface area (Å²) in [6.45, 7) is 0.283. The summed E-state index contributed by atoms with van der Waals surface area (Å²) in [6.07, 6.45) is -0.558. The van der Waals surface area contributed by atoms with E-state index in [2.05, 4.69) is 41.4 Å². The molecule has 5 heteroatoms. The molecule has 30 heavy (non-hydrogen) atoms. The van der Waals surface area contributed by atoms with Crippen molar-refractivity contribution >= 4 is 6.09 Å². The molecule has 0 heterocycles. The maximum atomic E-state index is 13.8. The minimum atomic E-state index is -0.558. The van der Waals surface area contributed by atoms with Crippen molar-refractivity contribution in [1.29, 1.82) is 0 Å². The predicted molar refractivity (Wildman–Crippen MR) is 113 cm³/mol. The molecule has 0 bridgehead atoms. The van der Waals surface area contributed by atoms with Gasteiger partial charge in [0.05, 0.1) is 19.2 Å². The van der Waals surface area contributed by atoms with Crippen molar-refractivity contribution < 1.29 is 18.7 Å². The lowest BCUT2D eigenvalue weighted by atomic mass is 9.98. The number of carbonyl (C=O) groups is 1. The number of benzene rings is 3. The molecule has 0 atom stereocenters. The van der Waals surface area contributed by atoms with Gasteiger partial charge in [0, 0.05) is 5.92 Å². The SMILES string of the molecule is COc1ccc(F)c(C#CCNC(=O)OCC2c3ccccc3-c3ccccc32)c1. The molecule has 4 rings (SSSR count). The van der Waals surface area contributed by atoms with Crippen LogP contribution < -0.4 is 10.1 Å². The first-order chi connectivity index (χ1) is 14.7. The lowest BCUT2D eigenvalue weighted by Gasteiger charge is -2.14. The van der Waals surface area contributed by atoms with Crippen LogP contribution in [-0.4, -0.2) is 26.4 Å². The highest BCUT2D eigenvalue weighted by Crippen LogP contribution is 2.44. The smallest absolute Gasteiger partial charge is 0.407 e. The quantitative estimate of drug-likeness (QED) is 0.644. The zero-order valence-corrected chi connectivity index (χ0v) is 16.4. The van der Waals surface area contributed by atoms with Crippen LogP contribution in [0.5, 0.6) is 5.75 Å². The third-order valence-corrected chi connectivity index (χ3v) is 5.06. The van der Waals surface area contributed by atoms with Gasteiger partial charge >= 0.3 is 6.09 Å². The summed E-state index contributed by atoms with van der Waals surface area (Å²) in [4.78, 5) is 12.1. The molecule has 1 amide bonds. The highest BCUT2D eigenvalue weighted by molar-refractivity contribution is 5.79. The standard InChI is InChI=1S/C25H20FNO3/c1-29-18-12-13-24(26)17(15-18)7-6-14-27-25(28)30-16-23-21-10-4-2-8-19(21)20-9-3-5-11-22(20)23/h2-5,8-13,15,23H,14,16H2,1H3,(H,27,28). The van der Waals surface area contributed by atoms with Gasteiger partial charge in [-0.15, -0.1) is 0 Å². The van der Waals surface area contributed by atoms with Gasteiger partial charge in [0.15, 0.2) is 0 Å². The van der Waals surface area contributed by atoms with Crippen molar-refractivity contribution in [2.45, 2.75) is 5.92 Å². The van der Waals surface area contributed by atoms with Gasteiger partial charge in [-0.25, -0.2) is 9.18 Å². The van der Waals surface area contributed by atoms with E-state index in [1.165, 1.54) is 36.4 Å². The van der Waals surface area contributed by atoms with E-state index in [1.807, 2.05) is 24.3 Å². The van der Waals surface area contributed by atoms with Gasteiger partial charge in [-0.05, 0) is 40.5 Å². The molecule has 0 spiro atoms. The molecule has 0 fully saturated rings. The number of methoxy groups -OCH3 is 1. The molecule has 0 radical (unpaired) electrons. The Morgan fingerprint density at radius 1 is 1.03 bits per heavy atom. The molecule has 0 aromatic heterocycles. The van der Waals surface area contributed by atoms with Gasteiger partial charge in [0.25, 0.3) is 0 Å². The van der Waals surface area contributed by atoms with Crippen molar-refractivity contribution in [3.8, 4) is 28.7 Å². The molecule has 0 saturated carbocycles. The van der Waals surface area contributed by atoms with Crippen LogP contribution in [0.1, 0.15) is 22.6 Å². The van der Waals surface area contributed by atoms with E-state index >= 15 is 0 Å². The second-order valence-electron chi connectivity index (χ2n) is 6.83. The third kappa shape index (κ3) is 3.99. The van der Waals surface area contributed by atoms with Crippen molar-refractivity contribution in [3.63, 3.8) is 0 Å². The largest absolute Gasteiger partial charge is 0.497 e. The number of hydrogen-bond donors (Lipinski definition) is 1. The zero-order chi connectivity index (χ0) is 20.9. The topological polar surface area (TPSA) is 47.6 Å². The highest BCUT2D eigenvalue weighted by Gasteiger charge is 2.28. The van der Waals surface area contributed by atoms with Gasteiger partial charge < -0.3 is 14.8 Å². The van der Waals surface area contributed by atoms with Crippen LogP contribution in [0.15, 0.2) is 66.7 Å². The van der Waals surface area contributed by atoms with E-state index in [1.54, 1.807) is 0 Å². The minimum Gasteiger partial charge on any atom is -0.497 e. The molecule has 4 nitrogen and oxygen atoms in total. The number of rotatable bonds is 4. The van der Waals surface area contributed by atoms with Gasteiger partial charge in [-0.1, -0.05) is 60.4 Å². The number of alkyl carbamates (subject to hydrolysis) is 1. The van der Waals surface area contributed by atoms with Gasteiger partial charge in [-0.2, -0.15) is 0 Å². The van der Waals surface area contributed by atoms with Gasteiger partial charge in [0.2, 0.25) is 0 Å². The first kappa shape index (κ1) is 19.5. The molecule has 0 aliphatic heterocycles. The van der Waals surface area contributed by atoms with Crippen molar-refractivity contribution in [2.24, 2.45) is 0 Å². The van der Waals surface area contributed by atoms with E-state index in [4.69, 9.17) is 9.47 Å². The number of fused-ring (bicyclic) bond motifs is 3. The third-order valence-electron chi connectivity index (χ3n) is 5.06. The van der Waals surface area contributed by atoms with E-state index in [9.17, 15) is 9.18 Å². The zero-order valence-electron chi connectivity index (χ0n) is 16.4. The fourth-order valence-electron chi connectivity index (χ4n) is 3.63. The fourth-order valence-corrected chi connectivity index (χ4v) is 3.63. The summed E-state index contributed by atoms with van der Waals surface area (Å²) in [7, 11) is 1.50. The first-order valence-electron chi connectivity index (χ1n) is 9.58. The van der Waals surface area contributed by atoms with Crippen LogP contribution in [0, 0.1) is 17.7 Å². The van der Waals surface area contributed by atoms with Crippen molar-refractivity contribution in [2.75, 3.05) is 20.3 Å². The monoisotopic (exact) mass is 401 g/mol. The summed E-state index contributed by atoms with van der Waals surface area (Å²) in [6, 6.07) is 20.6. The van der Waals surface area contributed by atoms with Crippen molar-refractivity contribution in [3.05, 3.63) is 89.2 Å². The average molecular weight is 401 g/mol.